The maximum Gasteiger partial charge on any atom is 0.312 e. The molecule has 104 valence electrons. The van der Waals surface area contributed by atoms with E-state index in [9.17, 15) is 24.9 Å². The molecular weight excluding hydrogens is 250 g/mol. The van der Waals surface area contributed by atoms with Crippen LogP contribution in [0.25, 0.3) is 0 Å². The third-order valence-corrected chi connectivity index (χ3v) is 2.54. The van der Waals surface area contributed by atoms with E-state index >= 15 is 0 Å². The van der Waals surface area contributed by atoms with Gasteiger partial charge in [-0.25, -0.2) is 0 Å². The number of rotatable bonds is 4. The fourth-order valence-electron chi connectivity index (χ4n) is 1.63. The second-order valence-corrected chi connectivity index (χ2v) is 3.89. The number of aliphatic hydroxyl groups is 4. The molecule has 1 aliphatic heterocycles. The number of carboxylic acid groups (broad SMARTS) is 1. The number of amides is 1. The minimum Gasteiger partial charge on any atom is -0.481 e. The predicted molar refractivity (Wildman–Crippen MR) is 54.2 cm³/mol. The highest BCUT2D eigenvalue weighted by Gasteiger charge is 2.44. The summed E-state index contributed by atoms with van der Waals surface area (Å²) in [5, 5.41) is 47.8. The Hall–Kier alpha value is -1.26. The Labute approximate surface area is 102 Å². The van der Waals surface area contributed by atoms with Gasteiger partial charge >= 0.3 is 5.97 Å². The number of aliphatic carboxylic acids is 1. The molecule has 6 N–H and O–H groups in total. The maximum atomic E-state index is 11.2. The van der Waals surface area contributed by atoms with Crippen LogP contribution in [0.4, 0.5) is 0 Å². The molecule has 1 fully saturated rings. The molecule has 0 aromatic rings. The van der Waals surface area contributed by atoms with Crippen molar-refractivity contribution in [1.82, 2.24) is 5.32 Å². The van der Waals surface area contributed by atoms with Crippen LogP contribution in [0.1, 0.15) is 6.42 Å². The summed E-state index contributed by atoms with van der Waals surface area (Å²) in [5.74, 6) is -2.31. The van der Waals surface area contributed by atoms with Crippen LogP contribution >= 0.6 is 0 Å². The molecule has 0 saturated carbocycles. The van der Waals surface area contributed by atoms with Gasteiger partial charge in [0.1, 0.15) is 30.8 Å². The smallest absolute Gasteiger partial charge is 0.312 e. The summed E-state index contributed by atoms with van der Waals surface area (Å²) >= 11 is 0. The molecule has 1 heterocycles. The van der Waals surface area contributed by atoms with Gasteiger partial charge in [-0.3, -0.25) is 9.59 Å². The number of ether oxygens (including phenoxy) is 1. The second kappa shape index (κ2) is 6.07. The topological polar surface area (TPSA) is 157 Å². The Morgan fingerprint density at radius 1 is 1.17 bits per heavy atom. The number of aliphatic hydroxyl groups excluding tert-OH is 4. The molecule has 0 aliphatic carbocycles. The lowest BCUT2D eigenvalue weighted by atomic mass is 9.97. The van der Waals surface area contributed by atoms with Crippen molar-refractivity contribution in [2.75, 3.05) is 6.61 Å². The molecule has 0 aromatic heterocycles. The fourth-order valence-corrected chi connectivity index (χ4v) is 1.63. The highest BCUT2D eigenvalue weighted by atomic mass is 16.6. The van der Waals surface area contributed by atoms with Gasteiger partial charge < -0.3 is 35.6 Å². The van der Waals surface area contributed by atoms with Crippen molar-refractivity contribution in [2.45, 2.75) is 37.1 Å². The number of nitrogens with one attached hydrogen (secondary N) is 1. The third-order valence-electron chi connectivity index (χ3n) is 2.54. The average molecular weight is 265 g/mol. The standard InChI is InChI=1S/C9H15NO8/c11-2-3-7(15)8(16)6(9(17)18-3)10-4(12)1-5(13)14/h3,6-9,11,15-17H,1-2H2,(H,10,12)(H,13,14)/t3?,6?,7?,8-,9-/m1/s1. The number of hydrogen-bond donors (Lipinski definition) is 6. The van der Waals surface area contributed by atoms with E-state index in [1.807, 2.05) is 5.32 Å². The summed E-state index contributed by atoms with van der Waals surface area (Å²) in [6.07, 6.45) is -6.76. The van der Waals surface area contributed by atoms with Gasteiger partial charge in [-0.2, -0.15) is 0 Å². The Balaban J connectivity index is 2.65. The Morgan fingerprint density at radius 3 is 2.28 bits per heavy atom. The minimum absolute atomic E-state index is 0.620. The van der Waals surface area contributed by atoms with E-state index in [-0.39, 0.29) is 0 Å². The lowest BCUT2D eigenvalue weighted by Crippen LogP contribution is -2.64. The van der Waals surface area contributed by atoms with E-state index in [0.717, 1.165) is 0 Å². The molecule has 5 atom stereocenters. The first-order valence-electron chi connectivity index (χ1n) is 5.18. The summed E-state index contributed by atoms with van der Waals surface area (Å²) in [6, 6.07) is -1.37. The van der Waals surface area contributed by atoms with Crippen molar-refractivity contribution in [2.24, 2.45) is 0 Å². The molecule has 1 amide bonds. The first kappa shape index (κ1) is 14.8. The van der Waals surface area contributed by atoms with Gasteiger partial charge in [-0.05, 0) is 0 Å². The average Bonchev–Trinajstić information content (AvgIpc) is 2.28. The molecule has 9 nitrogen and oxygen atoms in total. The quantitative estimate of drug-likeness (QED) is 0.284. The van der Waals surface area contributed by atoms with Gasteiger partial charge in [-0.1, -0.05) is 0 Å². The summed E-state index contributed by atoms with van der Waals surface area (Å²) < 4.78 is 4.77. The maximum absolute atomic E-state index is 11.2. The molecule has 1 rings (SSSR count). The zero-order valence-electron chi connectivity index (χ0n) is 9.26. The van der Waals surface area contributed by atoms with Crippen molar-refractivity contribution in [3.63, 3.8) is 0 Å². The molecule has 1 saturated heterocycles. The van der Waals surface area contributed by atoms with E-state index in [0.29, 0.717) is 0 Å². The molecule has 0 radical (unpaired) electrons. The van der Waals surface area contributed by atoms with Crippen molar-refractivity contribution >= 4 is 11.9 Å². The van der Waals surface area contributed by atoms with E-state index in [4.69, 9.17) is 14.9 Å². The minimum atomic E-state index is -1.65. The zero-order chi connectivity index (χ0) is 13.9. The van der Waals surface area contributed by atoms with Crippen molar-refractivity contribution in [3.05, 3.63) is 0 Å². The summed E-state index contributed by atoms with van der Waals surface area (Å²) in [6.45, 7) is -0.620. The van der Waals surface area contributed by atoms with Crippen LogP contribution in [-0.2, 0) is 14.3 Å². The molecule has 9 heteroatoms. The number of carbonyl (C=O) groups is 2. The van der Waals surface area contributed by atoms with Crippen LogP contribution in [0.2, 0.25) is 0 Å². The number of carboxylic acids is 1. The Bertz CT molecular complexity index is 322. The van der Waals surface area contributed by atoms with Crippen molar-refractivity contribution < 1.29 is 39.9 Å². The Kier molecular flexibility index (Phi) is 4.99. The van der Waals surface area contributed by atoms with E-state index < -0.39 is 55.5 Å². The molecule has 0 aromatic carbocycles. The number of carbonyl (C=O) groups excluding carboxylic acids is 1. The van der Waals surface area contributed by atoms with Crippen molar-refractivity contribution in [1.29, 1.82) is 0 Å². The van der Waals surface area contributed by atoms with E-state index in [2.05, 4.69) is 0 Å². The van der Waals surface area contributed by atoms with Gasteiger partial charge in [0, 0.05) is 0 Å². The number of hydrogen-bond acceptors (Lipinski definition) is 7. The van der Waals surface area contributed by atoms with E-state index in [1.165, 1.54) is 0 Å². The second-order valence-electron chi connectivity index (χ2n) is 3.89. The van der Waals surface area contributed by atoms with Gasteiger partial charge in [0.25, 0.3) is 0 Å². The predicted octanol–water partition coefficient (Wildman–Crippen LogP) is -3.62. The summed E-state index contributed by atoms with van der Waals surface area (Å²) in [4.78, 5) is 21.4. The lowest BCUT2D eigenvalue weighted by molar-refractivity contribution is -0.253. The molecule has 1 aliphatic rings. The fraction of sp³-hybridized carbons (Fsp3) is 0.778. The van der Waals surface area contributed by atoms with Crippen LogP contribution in [0.5, 0.6) is 0 Å². The van der Waals surface area contributed by atoms with Gasteiger partial charge in [0.15, 0.2) is 6.29 Å². The third kappa shape index (κ3) is 3.37. The van der Waals surface area contributed by atoms with Crippen molar-refractivity contribution in [3.8, 4) is 0 Å². The summed E-state index contributed by atoms with van der Waals surface area (Å²) in [5.41, 5.74) is 0. The SMILES string of the molecule is O=C(O)CC(=O)NC1[C@@H](O)C(O)C(CO)O[C@H]1O. The van der Waals surface area contributed by atoms with Gasteiger partial charge in [0.2, 0.25) is 5.91 Å². The molecular formula is C9H15NO8. The van der Waals surface area contributed by atoms with Crippen LogP contribution in [0, 0.1) is 0 Å². The summed E-state index contributed by atoms with van der Waals surface area (Å²) in [7, 11) is 0. The first-order chi connectivity index (χ1) is 8.36. The van der Waals surface area contributed by atoms with Crippen LogP contribution in [-0.4, -0.2) is 74.7 Å². The van der Waals surface area contributed by atoms with E-state index in [1.54, 1.807) is 0 Å². The molecule has 3 unspecified atom stereocenters. The molecule has 0 spiro atoms. The molecule has 0 bridgehead atoms. The normalized spacial score (nSPS) is 36.1. The largest absolute Gasteiger partial charge is 0.481 e. The van der Waals surface area contributed by atoms with Gasteiger partial charge in [-0.15, -0.1) is 0 Å². The molecule has 18 heavy (non-hydrogen) atoms. The zero-order valence-corrected chi connectivity index (χ0v) is 9.26. The lowest BCUT2D eigenvalue weighted by Gasteiger charge is -2.40. The van der Waals surface area contributed by atoms with Gasteiger partial charge in [0.05, 0.1) is 6.61 Å². The highest BCUT2D eigenvalue weighted by Crippen LogP contribution is 2.19. The Morgan fingerprint density at radius 2 is 1.78 bits per heavy atom. The highest BCUT2D eigenvalue weighted by molar-refractivity contribution is 5.93. The first-order valence-corrected chi connectivity index (χ1v) is 5.18. The van der Waals surface area contributed by atoms with Crippen LogP contribution < -0.4 is 5.32 Å². The monoisotopic (exact) mass is 265 g/mol. The van der Waals surface area contributed by atoms with Crippen LogP contribution in [0.15, 0.2) is 0 Å². The van der Waals surface area contributed by atoms with Crippen LogP contribution in [0.3, 0.4) is 0 Å².